The van der Waals surface area contributed by atoms with Crippen molar-refractivity contribution in [2.24, 2.45) is 5.41 Å². The molecule has 0 bridgehead atoms. The van der Waals surface area contributed by atoms with Crippen molar-refractivity contribution in [2.45, 2.75) is 106 Å². The Morgan fingerprint density at radius 3 is 1.95 bits per heavy atom. The number of pyridine rings is 2. The Kier molecular flexibility index (Phi) is 10.1. The predicted octanol–water partition coefficient (Wildman–Crippen LogP) is 17.0. The van der Waals surface area contributed by atoms with Crippen LogP contribution in [0.5, 0.6) is 0 Å². The van der Waals surface area contributed by atoms with E-state index in [9.17, 15) is 0 Å². The molecule has 0 saturated heterocycles. The van der Waals surface area contributed by atoms with Crippen molar-refractivity contribution in [2.75, 3.05) is 0 Å². The highest BCUT2D eigenvalue weighted by Crippen LogP contribution is 2.45. The van der Waals surface area contributed by atoms with Gasteiger partial charge in [0.1, 0.15) is 0 Å². The van der Waals surface area contributed by atoms with E-state index < -0.39 is 5.41 Å². The summed E-state index contributed by atoms with van der Waals surface area (Å²) in [6.45, 7) is 27.6. The topological polar surface area (TPSA) is 25.8 Å². The lowest BCUT2D eigenvalue weighted by Gasteiger charge is -2.28. The number of thiophene rings is 1. The molecule has 0 unspecified atom stereocenters. The summed E-state index contributed by atoms with van der Waals surface area (Å²) in [5.74, 6) is 0. The summed E-state index contributed by atoms with van der Waals surface area (Å²) in [6.07, 6.45) is 1.03. The highest BCUT2D eigenvalue weighted by molar-refractivity contribution is 7.19. The van der Waals surface area contributed by atoms with Gasteiger partial charge in [-0.25, -0.2) is 0 Å². The van der Waals surface area contributed by atoms with Gasteiger partial charge in [-0.2, -0.15) is 0 Å². The Labute approximate surface area is 373 Å². The van der Waals surface area contributed by atoms with Crippen molar-refractivity contribution in [3.63, 3.8) is 0 Å². The average molecular weight is 829 g/mol. The van der Waals surface area contributed by atoms with Crippen LogP contribution in [-0.2, 0) is 22.7 Å². The third-order valence-corrected chi connectivity index (χ3v) is 13.8. The van der Waals surface area contributed by atoms with Gasteiger partial charge in [0.2, 0.25) is 0 Å². The summed E-state index contributed by atoms with van der Waals surface area (Å²) < 4.78 is 1.29. The minimum Gasteiger partial charge on any atom is -0.252 e. The monoisotopic (exact) mass is 828 g/mol. The fourth-order valence-corrected chi connectivity index (χ4v) is 10.4. The second-order valence-electron chi connectivity index (χ2n) is 21.4. The summed E-state index contributed by atoms with van der Waals surface area (Å²) in [4.78, 5) is 12.5. The van der Waals surface area contributed by atoms with Gasteiger partial charge in [-0.3, -0.25) is 9.97 Å². The molecule has 0 amide bonds. The molecule has 0 spiro atoms. The van der Waals surface area contributed by atoms with Crippen LogP contribution in [0.15, 0.2) is 133 Å². The van der Waals surface area contributed by atoms with Crippen molar-refractivity contribution in [3.8, 4) is 33.6 Å². The van der Waals surface area contributed by atoms with Crippen molar-refractivity contribution in [1.82, 2.24) is 9.97 Å². The Morgan fingerprint density at radius 1 is 0.484 bits per heavy atom. The van der Waals surface area contributed by atoms with Gasteiger partial charge >= 0.3 is 0 Å². The molecule has 0 N–H and O–H groups in total. The Balaban J connectivity index is 1.21. The van der Waals surface area contributed by atoms with Crippen LogP contribution < -0.4 is 0 Å². The molecule has 3 aromatic heterocycles. The molecule has 2 nitrogen and oxygen atoms in total. The first kappa shape index (κ1) is 41.7. The normalized spacial score (nSPS) is 12.9. The molecular formula is C59H60N2S. The van der Waals surface area contributed by atoms with E-state index in [2.05, 4.69) is 217 Å². The van der Waals surface area contributed by atoms with Gasteiger partial charge in [-0.05, 0) is 135 Å². The van der Waals surface area contributed by atoms with Crippen molar-refractivity contribution < 1.29 is 0 Å². The number of hydrogen-bond acceptors (Lipinski definition) is 3. The second-order valence-corrected chi connectivity index (χ2v) is 22.7. The molecule has 0 saturated carbocycles. The summed E-state index contributed by atoms with van der Waals surface area (Å²) in [7, 11) is 0. The number of hydrogen-bond donors (Lipinski definition) is 0. The SMILES string of the molecule is Cc1cc2c(s1)c(-c1nc(C(C)(C)c3cccc(-c4cccc(-c5ccc(C(C)(C)C)cc5C(C)(C)C)c4)n3)cc3c1ccc1cc(CC(C)(C)C)ccc13)cc1ccccc12. The minimum absolute atomic E-state index is 0.0124. The van der Waals surface area contributed by atoms with Crippen LogP contribution in [0.3, 0.4) is 0 Å². The van der Waals surface area contributed by atoms with Crippen LogP contribution >= 0.6 is 11.3 Å². The molecule has 3 heterocycles. The molecule has 3 heteroatoms. The zero-order chi connectivity index (χ0) is 43.9. The summed E-state index contributed by atoms with van der Waals surface area (Å²) in [5.41, 5.74) is 12.6. The van der Waals surface area contributed by atoms with Gasteiger partial charge in [0.25, 0.3) is 0 Å². The number of benzene rings is 6. The molecule has 6 aromatic carbocycles. The van der Waals surface area contributed by atoms with E-state index in [1.54, 1.807) is 0 Å². The van der Waals surface area contributed by atoms with Crippen LogP contribution in [-0.4, -0.2) is 9.97 Å². The van der Waals surface area contributed by atoms with Gasteiger partial charge in [-0.15, -0.1) is 11.3 Å². The molecule has 0 aliphatic rings. The van der Waals surface area contributed by atoms with Crippen LogP contribution in [0.25, 0.3) is 76.0 Å². The lowest BCUT2D eigenvalue weighted by molar-refractivity contribution is 0.411. The molecular weight excluding hydrogens is 769 g/mol. The van der Waals surface area contributed by atoms with E-state index >= 15 is 0 Å². The van der Waals surface area contributed by atoms with Crippen LogP contribution in [0.1, 0.15) is 109 Å². The standard InChI is InChI=1S/C59H60N2S/c1-36-29-48-43-20-14-13-17-39(43)32-49(55(48)62-36)54-46-27-24-40-30-37(35-56(2,3)4)23-26-44(40)47(46)34-53(61-54)59(11,12)52-22-16-21-51(60-52)41-19-15-18-38(31-41)45-28-25-42(57(5,6)7)33-50(45)58(8,9)10/h13-34H,35H2,1-12H3. The highest BCUT2D eigenvalue weighted by Gasteiger charge is 2.30. The third kappa shape index (κ3) is 7.75. The molecule has 0 atom stereocenters. The van der Waals surface area contributed by atoms with Gasteiger partial charge in [0.05, 0.1) is 22.8 Å². The van der Waals surface area contributed by atoms with Crippen molar-refractivity contribution in [3.05, 3.63) is 166 Å². The first-order valence-corrected chi connectivity index (χ1v) is 23.1. The maximum Gasteiger partial charge on any atom is 0.0798 e. The second kappa shape index (κ2) is 15.0. The lowest BCUT2D eigenvalue weighted by atomic mass is 9.77. The van der Waals surface area contributed by atoms with Crippen LogP contribution in [0.2, 0.25) is 0 Å². The van der Waals surface area contributed by atoms with Crippen molar-refractivity contribution >= 4 is 53.7 Å². The number of fused-ring (bicyclic) bond motifs is 6. The summed E-state index contributed by atoms with van der Waals surface area (Å²) in [6, 6.07) is 50.0. The molecule has 0 fully saturated rings. The largest absolute Gasteiger partial charge is 0.252 e. The molecule has 0 aliphatic carbocycles. The quantitative estimate of drug-likeness (QED) is 0.156. The fourth-order valence-electron chi connectivity index (χ4n) is 9.35. The summed E-state index contributed by atoms with van der Waals surface area (Å²) >= 11 is 1.87. The van der Waals surface area contributed by atoms with E-state index in [1.165, 1.54) is 80.7 Å². The maximum atomic E-state index is 5.74. The first-order valence-electron chi connectivity index (χ1n) is 22.3. The van der Waals surface area contributed by atoms with Gasteiger partial charge in [-0.1, -0.05) is 159 Å². The molecule has 312 valence electrons. The Morgan fingerprint density at radius 2 is 1.19 bits per heavy atom. The lowest BCUT2D eigenvalue weighted by Crippen LogP contribution is -2.22. The number of rotatable bonds is 6. The molecule has 9 aromatic rings. The average Bonchev–Trinajstić information content (AvgIpc) is 3.63. The number of nitrogens with zero attached hydrogens (tertiary/aromatic N) is 2. The van der Waals surface area contributed by atoms with E-state index in [1.807, 2.05) is 11.3 Å². The smallest absolute Gasteiger partial charge is 0.0798 e. The van der Waals surface area contributed by atoms with Gasteiger partial charge in [0.15, 0.2) is 0 Å². The van der Waals surface area contributed by atoms with Gasteiger partial charge < -0.3 is 0 Å². The van der Waals surface area contributed by atoms with E-state index in [0.29, 0.717) is 0 Å². The van der Waals surface area contributed by atoms with E-state index in [4.69, 9.17) is 9.97 Å². The molecule has 62 heavy (non-hydrogen) atoms. The fraction of sp³-hybridized carbons (Fsp3) is 0.288. The molecule has 0 radical (unpaired) electrons. The zero-order valence-electron chi connectivity index (χ0n) is 38.7. The van der Waals surface area contributed by atoms with Crippen molar-refractivity contribution in [1.29, 1.82) is 0 Å². The zero-order valence-corrected chi connectivity index (χ0v) is 39.5. The third-order valence-electron chi connectivity index (χ3n) is 12.7. The predicted molar refractivity (Wildman–Crippen MR) is 270 cm³/mol. The summed E-state index contributed by atoms with van der Waals surface area (Å²) in [5, 5.41) is 8.73. The number of aromatic nitrogens is 2. The Hall–Kier alpha value is -5.64. The molecule has 0 aliphatic heterocycles. The first-order chi connectivity index (χ1) is 29.2. The maximum absolute atomic E-state index is 5.74. The van der Waals surface area contributed by atoms with Gasteiger partial charge in [0, 0.05) is 36.9 Å². The number of aryl methyl sites for hydroxylation is 1. The molecule has 9 rings (SSSR count). The van der Waals surface area contributed by atoms with E-state index in [0.717, 1.165) is 34.8 Å². The Bertz CT molecular complexity index is 3190. The minimum atomic E-state index is -0.519. The van der Waals surface area contributed by atoms with E-state index in [-0.39, 0.29) is 16.2 Å². The van der Waals surface area contributed by atoms with Crippen LogP contribution in [0.4, 0.5) is 0 Å². The van der Waals surface area contributed by atoms with Crippen LogP contribution in [0, 0.1) is 12.3 Å². The highest BCUT2D eigenvalue weighted by atomic mass is 32.1.